The van der Waals surface area contributed by atoms with Gasteiger partial charge in [0.1, 0.15) is 0 Å². The van der Waals surface area contributed by atoms with Crippen molar-refractivity contribution in [3.63, 3.8) is 0 Å². The topological polar surface area (TPSA) is 41.1 Å². The predicted octanol–water partition coefficient (Wildman–Crippen LogP) is 7.03. The fourth-order valence-corrected chi connectivity index (χ4v) is 5.44. The van der Waals surface area contributed by atoms with Crippen molar-refractivity contribution in [3.05, 3.63) is 93.3 Å². The Balaban J connectivity index is 1.53. The van der Waals surface area contributed by atoms with Crippen molar-refractivity contribution in [2.45, 2.75) is 51.0 Å². The number of carbonyl (C=O) groups excluding carboxylic acids is 1. The number of carbonyl (C=O) groups is 1. The maximum absolute atomic E-state index is 13.5. The van der Waals surface area contributed by atoms with Crippen LogP contribution >= 0.6 is 11.3 Å². The lowest BCUT2D eigenvalue weighted by Crippen LogP contribution is -2.26. The highest BCUT2D eigenvalue weighted by Gasteiger charge is 2.36. The summed E-state index contributed by atoms with van der Waals surface area (Å²) in [5.41, 5.74) is 6.70. The number of allylic oxidation sites excluding steroid dienone is 1. The van der Waals surface area contributed by atoms with Gasteiger partial charge in [-0.2, -0.15) is 0 Å². The molecular formula is C27H28N2OS. The van der Waals surface area contributed by atoms with E-state index in [1.165, 1.54) is 16.0 Å². The van der Waals surface area contributed by atoms with Crippen molar-refractivity contribution < 1.29 is 4.79 Å². The van der Waals surface area contributed by atoms with E-state index >= 15 is 0 Å². The molecule has 158 valence electrons. The molecule has 3 nitrogen and oxygen atoms in total. The Kier molecular flexibility index (Phi) is 4.98. The molecule has 1 aromatic heterocycles. The highest BCUT2D eigenvalue weighted by molar-refractivity contribution is 7.10. The summed E-state index contributed by atoms with van der Waals surface area (Å²) in [7, 11) is 0. The summed E-state index contributed by atoms with van der Waals surface area (Å²) in [6, 6.07) is 21.1. The smallest absolute Gasteiger partial charge is 0.163 e. The summed E-state index contributed by atoms with van der Waals surface area (Å²) >= 11 is 1.70. The minimum atomic E-state index is -0.108. The molecule has 0 saturated heterocycles. The lowest BCUT2D eigenvalue weighted by atomic mass is 9.78. The summed E-state index contributed by atoms with van der Waals surface area (Å²) in [5, 5.41) is 9.34. The first kappa shape index (κ1) is 20.1. The number of fused-ring (bicyclic) bond motifs is 1. The van der Waals surface area contributed by atoms with Gasteiger partial charge in [0.05, 0.1) is 17.4 Å². The van der Waals surface area contributed by atoms with E-state index in [1.807, 2.05) is 12.1 Å². The molecule has 4 heteroatoms. The first-order valence-electron chi connectivity index (χ1n) is 10.9. The third-order valence-electron chi connectivity index (χ3n) is 6.38. The van der Waals surface area contributed by atoms with Crippen LogP contribution in [0.2, 0.25) is 0 Å². The van der Waals surface area contributed by atoms with Crippen molar-refractivity contribution in [2.75, 3.05) is 10.6 Å². The SMILES string of the molecule is CC(C)(C)c1ccc([C@H]2CC(=O)C3=C(C2)Nc2ccccc2N[C@H]3c2cccs2)cc1. The molecule has 0 radical (unpaired) electrons. The third-order valence-corrected chi connectivity index (χ3v) is 7.32. The standard InChI is InChI=1S/C27H28N2OS/c1-27(2,3)19-12-10-17(11-13-19)18-15-22-25(23(30)16-18)26(24-9-6-14-31-24)29-21-8-5-4-7-20(21)28-22/h4-14,18,26,28-29H,15-16H2,1-3H3/t18-,26+/m1/s1. The molecule has 2 atom stereocenters. The molecule has 2 aliphatic rings. The molecule has 1 aliphatic carbocycles. The second-order valence-corrected chi connectivity index (χ2v) is 10.5. The van der Waals surface area contributed by atoms with Crippen LogP contribution in [-0.4, -0.2) is 5.78 Å². The fourth-order valence-electron chi connectivity index (χ4n) is 4.65. The molecule has 1 aliphatic heterocycles. The lowest BCUT2D eigenvalue weighted by Gasteiger charge is -2.29. The van der Waals surface area contributed by atoms with Gasteiger partial charge in [-0.25, -0.2) is 0 Å². The quantitative estimate of drug-likeness (QED) is 0.460. The number of thiophene rings is 1. The Labute approximate surface area is 188 Å². The maximum atomic E-state index is 13.5. The average molecular weight is 429 g/mol. The summed E-state index contributed by atoms with van der Waals surface area (Å²) in [6.07, 6.45) is 1.39. The van der Waals surface area contributed by atoms with Crippen LogP contribution in [0.5, 0.6) is 0 Å². The zero-order valence-corrected chi connectivity index (χ0v) is 19.1. The van der Waals surface area contributed by atoms with Crippen LogP contribution in [0.25, 0.3) is 0 Å². The molecule has 2 heterocycles. The van der Waals surface area contributed by atoms with Gasteiger partial charge in [0, 0.05) is 22.6 Å². The third kappa shape index (κ3) is 3.81. The van der Waals surface area contributed by atoms with E-state index in [4.69, 9.17) is 0 Å². The maximum Gasteiger partial charge on any atom is 0.163 e. The number of anilines is 2. The lowest BCUT2D eigenvalue weighted by molar-refractivity contribution is -0.116. The Morgan fingerprint density at radius 1 is 0.903 bits per heavy atom. The fraction of sp³-hybridized carbons (Fsp3) is 0.296. The first-order chi connectivity index (χ1) is 14.9. The second-order valence-electron chi connectivity index (χ2n) is 9.56. The van der Waals surface area contributed by atoms with E-state index in [0.29, 0.717) is 6.42 Å². The van der Waals surface area contributed by atoms with Crippen LogP contribution in [0, 0.1) is 0 Å². The molecule has 0 bridgehead atoms. The van der Waals surface area contributed by atoms with E-state index < -0.39 is 0 Å². The zero-order valence-electron chi connectivity index (χ0n) is 18.2. The molecule has 2 aromatic carbocycles. The van der Waals surface area contributed by atoms with Gasteiger partial charge in [-0.05, 0) is 52.5 Å². The van der Waals surface area contributed by atoms with Crippen LogP contribution in [0.4, 0.5) is 11.4 Å². The molecule has 31 heavy (non-hydrogen) atoms. The van der Waals surface area contributed by atoms with Gasteiger partial charge >= 0.3 is 0 Å². The normalized spacial score (nSPS) is 20.9. The van der Waals surface area contributed by atoms with E-state index in [1.54, 1.807) is 11.3 Å². The number of rotatable bonds is 2. The molecule has 0 saturated carbocycles. The van der Waals surface area contributed by atoms with E-state index in [-0.39, 0.29) is 23.2 Å². The van der Waals surface area contributed by atoms with Gasteiger partial charge in [0.25, 0.3) is 0 Å². The number of hydrogen-bond donors (Lipinski definition) is 2. The monoisotopic (exact) mass is 428 g/mol. The van der Waals surface area contributed by atoms with Gasteiger partial charge < -0.3 is 10.6 Å². The van der Waals surface area contributed by atoms with Gasteiger partial charge in [-0.1, -0.05) is 63.2 Å². The summed E-state index contributed by atoms with van der Waals surface area (Å²) in [4.78, 5) is 14.7. The van der Waals surface area contributed by atoms with Crippen LogP contribution in [0.3, 0.4) is 0 Å². The Morgan fingerprint density at radius 3 is 2.32 bits per heavy atom. The number of nitrogens with one attached hydrogen (secondary N) is 2. The second kappa shape index (κ2) is 7.69. The number of benzene rings is 2. The predicted molar refractivity (Wildman–Crippen MR) is 130 cm³/mol. The Hall–Kier alpha value is -2.85. The van der Waals surface area contributed by atoms with Crippen LogP contribution < -0.4 is 10.6 Å². The van der Waals surface area contributed by atoms with Crippen molar-refractivity contribution >= 4 is 28.5 Å². The van der Waals surface area contributed by atoms with Crippen molar-refractivity contribution in [3.8, 4) is 0 Å². The molecule has 0 unspecified atom stereocenters. The summed E-state index contributed by atoms with van der Waals surface area (Å²) in [6.45, 7) is 6.69. The van der Waals surface area contributed by atoms with Crippen molar-refractivity contribution in [2.24, 2.45) is 0 Å². The summed E-state index contributed by atoms with van der Waals surface area (Å²) < 4.78 is 0. The Morgan fingerprint density at radius 2 is 1.65 bits per heavy atom. The minimum Gasteiger partial charge on any atom is -0.372 e. The molecular weight excluding hydrogens is 400 g/mol. The first-order valence-corrected chi connectivity index (χ1v) is 11.8. The van der Waals surface area contributed by atoms with Crippen LogP contribution in [-0.2, 0) is 10.2 Å². The van der Waals surface area contributed by atoms with Crippen LogP contribution in [0.1, 0.15) is 61.6 Å². The van der Waals surface area contributed by atoms with Gasteiger partial charge in [-0.3, -0.25) is 4.79 Å². The number of ketones is 1. The average Bonchev–Trinajstić information content (AvgIpc) is 3.22. The highest BCUT2D eigenvalue weighted by atomic mass is 32.1. The molecule has 0 spiro atoms. The minimum absolute atomic E-state index is 0.108. The van der Waals surface area contributed by atoms with E-state index in [2.05, 4.69) is 85.3 Å². The molecule has 5 rings (SSSR count). The van der Waals surface area contributed by atoms with E-state index in [9.17, 15) is 4.79 Å². The molecule has 2 N–H and O–H groups in total. The molecule has 0 amide bonds. The van der Waals surface area contributed by atoms with Crippen molar-refractivity contribution in [1.82, 2.24) is 0 Å². The number of Topliss-reactive ketones (excluding diaryl/α,β-unsaturated/α-hetero) is 1. The Bertz CT molecular complexity index is 1140. The largest absolute Gasteiger partial charge is 0.372 e. The molecule has 0 fully saturated rings. The van der Waals surface area contributed by atoms with Gasteiger partial charge in [0.15, 0.2) is 5.78 Å². The highest BCUT2D eigenvalue weighted by Crippen LogP contribution is 2.45. The van der Waals surface area contributed by atoms with E-state index in [0.717, 1.165) is 29.1 Å². The van der Waals surface area contributed by atoms with Crippen LogP contribution in [0.15, 0.2) is 77.3 Å². The van der Waals surface area contributed by atoms with Crippen molar-refractivity contribution in [1.29, 1.82) is 0 Å². The van der Waals surface area contributed by atoms with Gasteiger partial charge in [-0.15, -0.1) is 11.3 Å². The number of para-hydroxylation sites is 2. The van der Waals surface area contributed by atoms with Gasteiger partial charge in [0.2, 0.25) is 0 Å². The summed E-state index contributed by atoms with van der Waals surface area (Å²) in [5.74, 6) is 0.430. The number of hydrogen-bond acceptors (Lipinski definition) is 4. The zero-order chi connectivity index (χ0) is 21.6. The molecule has 3 aromatic rings.